The van der Waals surface area contributed by atoms with Crippen LogP contribution in [0.3, 0.4) is 0 Å². The lowest BCUT2D eigenvalue weighted by Gasteiger charge is -2.32. The highest BCUT2D eigenvalue weighted by Gasteiger charge is 2.48. The third kappa shape index (κ3) is 8.96. The fourth-order valence-electron chi connectivity index (χ4n) is 4.31. The molecular formula is C24H44O4. The molecule has 1 rings (SSSR count). The number of ether oxygens (including phenoxy) is 1. The first kappa shape index (κ1) is 25.0. The standard InChI is InChI=1S/C24H44O4/c1-19(2)14-10-7-5-6-8-11-15-21(18-20(3)4)28-23(27)24(22(25)26)16-12-9-13-17-24/h19-21H,5-18H2,1-4H3,(H,25,26). The molecule has 0 saturated heterocycles. The van der Waals surface area contributed by atoms with E-state index in [4.69, 9.17) is 4.74 Å². The minimum absolute atomic E-state index is 0.147. The quantitative estimate of drug-likeness (QED) is 0.200. The molecule has 1 aliphatic carbocycles. The summed E-state index contributed by atoms with van der Waals surface area (Å²) in [6, 6.07) is 0. The van der Waals surface area contributed by atoms with Crippen LogP contribution in [0.25, 0.3) is 0 Å². The Kier molecular flexibility index (Phi) is 11.8. The smallest absolute Gasteiger partial charge is 0.323 e. The Balaban J connectivity index is 2.43. The van der Waals surface area contributed by atoms with E-state index in [1.54, 1.807) is 0 Å². The van der Waals surface area contributed by atoms with Gasteiger partial charge in [0.05, 0.1) is 0 Å². The molecule has 1 unspecified atom stereocenters. The molecule has 0 aromatic rings. The van der Waals surface area contributed by atoms with E-state index in [0.29, 0.717) is 18.8 Å². The molecule has 164 valence electrons. The highest BCUT2D eigenvalue weighted by atomic mass is 16.5. The van der Waals surface area contributed by atoms with Crippen molar-refractivity contribution in [2.75, 3.05) is 0 Å². The zero-order valence-corrected chi connectivity index (χ0v) is 18.8. The SMILES string of the molecule is CC(C)CCCCCCCCC(CC(C)C)OC(=O)C1(C(=O)O)CCCCC1. The van der Waals surface area contributed by atoms with E-state index in [0.717, 1.165) is 50.9 Å². The summed E-state index contributed by atoms with van der Waals surface area (Å²) in [6.07, 6.45) is 13.7. The predicted molar refractivity (Wildman–Crippen MR) is 114 cm³/mol. The molecule has 0 radical (unpaired) electrons. The predicted octanol–water partition coefficient (Wildman–Crippen LogP) is 6.76. The second-order valence-corrected chi connectivity index (χ2v) is 9.70. The van der Waals surface area contributed by atoms with Crippen LogP contribution in [0.15, 0.2) is 0 Å². The lowest BCUT2D eigenvalue weighted by molar-refractivity contribution is -0.176. The van der Waals surface area contributed by atoms with Crippen molar-refractivity contribution in [3.63, 3.8) is 0 Å². The van der Waals surface area contributed by atoms with E-state index in [9.17, 15) is 14.7 Å². The first-order chi connectivity index (χ1) is 13.3. The molecule has 0 aliphatic heterocycles. The van der Waals surface area contributed by atoms with Gasteiger partial charge in [-0.2, -0.15) is 0 Å². The normalized spacial score (nSPS) is 17.6. The Morgan fingerprint density at radius 3 is 1.86 bits per heavy atom. The van der Waals surface area contributed by atoms with Gasteiger partial charge in [-0.3, -0.25) is 9.59 Å². The Labute approximate surface area is 172 Å². The van der Waals surface area contributed by atoms with Crippen LogP contribution < -0.4 is 0 Å². The number of carbonyl (C=O) groups excluding carboxylic acids is 1. The van der Waals surface area contributed by atoms with Gasteiger partial charge in [-0.15, -0.1) is 0 Å². The van der Waals surface area contributed by atoms with Gasteiger partial charge in [-0.1, -0.05) is 85.5 Å². The van der Waals surface area contributed by atoms with Gasteiger partial charge in [-0.25, -0.2) is 0 Å². The maximum atomic E-state index is 12.8. The molecule has 4 nitrogen and oxygen atoms in total. The number of hydrogen-bond donors (Lipinski definition) is 1. The lowest BCUT2D eigenvalue weighted by atomic mass is 9.74. The molecule has 1 aliphatic rings. The van der Waals surface area contributed by atoms with Gasteiger partial charge in [0.2, 0.25) is 0 Å². The van der Waals surface area contributed by atoms with Crippen molar-refractivity contribution in [1.82, 2.24) is 0 Å². The summed E-state index contributed by atoms with van der Waals surface area (Å²) in [5.41, 5.74) is -1.30. The topological polar surface area (TPSA) is 63.6 Å². The van der Waals surface area contributed by atoms with Gasteiger partial charge < -0.3 is 9.84 Å². The van der Waals surface area contributed by atoms with Crippen LogP contribution in [0.2, 0.25) is 0 Å². The third-order valence-corrected chi connectivity index (χ3v) is 6.07. The summed E-state index contributed by atoms with van der Waals surface area (Å²) in [5.74, 6) is -0.258. The van der Waals surface area contributed by atoms with E-state index in [-0.39, 0.29) is 6.10 Å². The molecular weight excluding hydrogens is 352 g/mol. The number of carboxylic acid groups (broad SMARTS) is 1. The summed E-state index contributed by atoms with van der Waals surface area (Å²) in [4.78, 5) is 24.7. The Morgan fingerprint density at radius 1 is 0.821 bits per heavy atom. The summed E-state index contributed by atoms with van der Waals surface area (Å²) >= 11 is 0. The molecule has 1 saturated carbocycles. The summed E-state index contributed by atoms with van der Waals surface area (Å²) in [5, 5.41) is 9.70. The van der Waals surface area contributed by atoms with Gasteiger partial charge in [-0.05, 0) is 43.9 Å². The molecule has 0 amide bonds. The zero-order valence-electron chi connectivity index (χ0n) is 18.8. The van der Waals surface area contributed by atoms with Crippen molar-refractivity contribution in [1.29, 1.82) is 0 Å². The molecule has 1 fully saturated rings. The molecule has 0 bridgehead atoms. The molecule has 0 aromatic heterocycles. The molecule has 4 heteroatoms. The molecule has 1 atom stereocenters. The zero-order chi connectivity index (χ0) is 21.0. The average molecular weight is 397 g/mol. The molecule has 0 spiro atoms. The van der Waals surface area contributed by atoms with E-state index < -0.39 is 17.4 Å². The van der Waals surface area contributed by atoms with E-state index >= 15 is 0 Å². The largest absolute Gasteiger partial charge is 0.480 e. The van der Waals surface area contributed by atoms with Crippen LogP contribution >= 0.6 is 0 Å². The molecule has 0 aromatic carbocycles. The lowest BCUT2D eigenvalue weighted by Crippen LogP contribution is -2.43. The fraction of sp³-hybridized carbons (Fsp3) is 0.917. The number of hydrogen-bond acceptors (Lipinski definition) is 3. The number of unbranched alkanes of at least 4 members (excludes halogenated alkanes) is 5. The summed E-state index contributed by atoms with van der Waals surface area (Å²) < 4.78 is 5.82. The Hall–Kier alpha value is -1.06. The van der Waals surface area contributed by atoms with Crippen LogP contribution in [0, 0.1) is 17.3 Å². The maximum absolute atomic E-state index is 12.8. The molecule has 0 heterocycles. The van der Waals surface area contributed by atoms with Crippen LogP contribution in [0.1, 0.15) is 118 Å². The van der Waals surface area contributed by atoms with Crippen LogP contribution in [0.5, 0.6) is 0 Å². The van der Waals surface area contributed by atoms with Crippen LogP contribution in [0.4, 0.5) is 0 Å². The first-order valence-electron chi connectivity index (χ1n) is 11.7. The van der Waals surface area contributed by atoms with Crippen molar-refractivity contribution in [3.05, 3.63) is 0 Å². The number of esters is 1. The van der Waals surface area contributed by atoms with Crippen LogP contribution in [-0.2, 0) is 14.3 Å². The van der Waals surface area contributed by atoms with Gasteiger partial charge in [0.25, 0.3) is 0 Å². The van der Waals surface area contributed by atoms with Gasteiger partial charge >= 0.3 is 11.9 Å². The minimum atomic E-state index is -1.30. The maximum Gasteiger partial charge on any atom is 0.323 e. The van der Waals surface area contributed by atoms with Crippen molar-refractivity contribution >= 4 is 11.9 Å². The first-order valence-corrected chi connectivity index (χ1v) is 11.7. The fourth-order valence-corrected chi connectivity index (χ4v) is 4.31. The van der Waals surface area contributed by atoms with Gasteiger partial charge in [0.1, 0.15) is 6.10 Å². The molecule has 1 N–H and O–H groups in total. The second-order valence-electron chi connectivity index (χ2n) is 9.70. The highest BCUT2D eigenvalue weighted by Crippen LogP contribution is 2.38. The molecule has 28 heavy (non-hydrogen) atoms. The number of aliphatic carboxylic acids is 1. The van der Waals surface area contributed by atoms with E-state index in [1.807, 2.05) is 0 Å². The summed E-state index contributed by atoms with van der Waals surface area (Å²) in [6.45, 7) is 8.81. The van der Waals surface area contributed by atoms with Crippen molar-refractivity contribution in [3.8, 4) is 0 Å². The van der Waals surface area contributed by atoms with E-state index in [2.05, 4.69) is 27.7 Å². The highest BCUT2D eigenvalue weighted by molar-refractivity contribution is 5.99. The Bertz CT molecular complexity index is 450. The van der Waals surface area contributed by atoms with Crippen LogP contribution in [-0.4, -0.2) is 23.1 Å². The Morgan fingerprint density at radius 2 is 1.36 bits per heavy atom. The van der Waals surface area contributed by atoms with Gasteiger partial charge in [0, 0.05) is 0 Å². The van der Waals surface area contributed by atoms with Crippen molar-refractivity contribution < 1.29 is 19.4 Å². The minimum Gasteiger partial charge on any atom is -0.480 e. The van der Waals surface area contributed by atoms with Crippen molar-refractivity contribution in [2.24, 2.45) is 17.3 Å². The number of carboxylic acids is 1. The monoisotopic (exact) mass is 396 g/mol. The second kappa shape index (κ2) is 13.2. The van der Waals surface area contributed by atoms with Crippen molar-refractivity contribution in [2.45, 2.75) is 124 Å². The van der Waals surface area contributed by atoms with Gasteiger partial charge in [0.15, 0.2) is 5.41 Å². The number of rotatable bonds is 14. The third-order valence-electron chi connectivity index (χ3n) is 6.07. The van der Waals surface area contributed by atoms with E-state index in [1.165, 1.54) is 32.1 Å². The summed E-state index contributed by atoms with van der Waals surface area (Å²) in [7, 11) is 0. The number of carbonyl (C=O) groups is 2. The average Bonchev–Trinajstić information content (AvgIpc) is 2.63.